The zero-order valence-corrected chi connectivity index (χ0v) is 11.1. The standard InChI is InChI=1S/C7H6Cl2.O5P2/c8-5-6-1-3-7(9)4-2-6;1-6(2)5-7(3)4/h1-4H,5H2;/p+2. The molecule has 0 aromatic heterocycles. The molecule has 0 amide bonds. The van der Waals surface area contributed by atoms with Crippen molar-refractivity contribution < 1.29 is 23.2 Å². The zero-order chi connectivity index (χ0) is 12.6. The SMILES string of the molecule is ClCc1ccc(Cl)cc1.O=[P+](O)O[P+](=O)O. The Kier molecular flexibility index (Phi) is 8.90. The molecule has 0 radical (unpaired) electrons. The highest BCUT2D eigenvalue weighted by atomic mass is 35.5. The van der Waals surface area contributed by atoms with E-state index in [-0.39, 0.29) is 0 Å². The summed E-state index contributed by atoms with van der Waals surface area (Å²) in [6, 6.07) is 7.49. The lowest BCUT2D eigenvalue weighted by Gasteiger charge is -1.91. The Bertz CT molecular complexity index is 344. The van der Waals surface area contributed by atoms with Crippen molar-refractivity contribution in [2.24, 2.45) is 0 Å². The van der Waals surface area contributed by atoms with Gasteiger partial charge in [0, 0.05) is 20.0 Å². The minimum absolute atomic E-state index is 0.553. The minimum Gasteiger partial charge on any atom is -0.131 e. The molecule has 0 aliphatic rings. The van der Waals surface area contributed by atoms with Gasteiger partial charge in [-0.2, -0.15) is 0 Å². The maximum absolute atomic E-state index is 9.39. The summed E-state index contributed by atoms with van der Waals surface area (Å²) in [6.07, 6.45) is 0. The molecule has 16 heavy (non-hydrogen) atoms. The summed E-state index contributed by atoms with van der Waals surface area (Å²) in [6.45, 7) is 0. The van der Waals surface area contributed by atoms with Crippen molar-refractivity contribution in [2.75, 3.05) is 0 Å². The van der Waals surface area contributed by atoms with E-state index in [0.717, 1.165) is 10.6 Å². The highest BCUT2D eigenvalue weighted by Crippen LogP contribution is 2.30. The lowest BCUT2D eigenvalue weighted by atomic mass is 10.2. The minimum atomic E-state index is -2.92. The topological polar surface area (TPSA) is 83.8 Å². The van der Waals surface area contributed by atoms with Gasteiger partial charge in [0.25, 0.3) is 0 Å². The smallest absolute Gasteiger partial charge is 0.131 e. The van der Waals surface area contributed by atoms with Crippen LogP contribution in [0.3, 0.4) is 0 Å². The molecule has 88 valence electrons. The molecule has 0 saturated carbocycles. The molecule has 2 atom stereocenters. The largest absolute Gasteiger partial charge is 0.745 e. The number of hydrogen-bond donors (Lipinski definition) is 2. The van der Waals surface area contributed by atoms with Gasteiger partial charge in [0.2, 0.25) is 0 Å². The molecule has 0 aliphatic carbocycles. The van der Waals surface area contributed by atoms with E-state index in [9.17, 15) is 9.13 Å². The van der Waals surface area contributed by atoms with Gasteiger partial charge in [0.15, 0.2) is 4.31 Å². The van der Waals surface area contributed by atoms with Crippen LogP contribution in [0.25, 0.3) is 0 Å². The van der Waals surface area contributed by atoms with Gasteiger partial charge in [-0.05, 0) is 17.7 Å². The van der Waals surface area contributed by atoms with Crippen LogP contribution in [0.4, 0.5) is 0 Å². The molecule has 0 bridgehead atoms. The van der Waals surface area contributed by atoms with Gasteiger partial charge in [-0.3, -0.25) is 0 Å². The van der Waals surface area contributed by atoms with Gasteiger partial charge in [0.1, 0.15) is 0 Å². The third-order valence-electron chi connectivity index (χ3n) is 1.21. The molecule has 1 aromatic carbocycles. The normalized spacial score (nSPS) is 11.2. The van der Waals surface area contributed by atoms with Crippen molar-refractivity contribution in [3.8, 4) is 0 Å². The zero-order valence-electron chi connectivity index (χ0n) is 7.79. The average Bonchev–Trinajstić information content (AvgIpc) is 2.17. The first-order valence-corrected chi connectivity index (χ1v) is 6.93. The van der Waals surface area contributed by atoms with E-state index in [1.54, 1.807) is 0 Å². The summed E-state index contributed by atoms with van der Waals surface area (Å²) < 4.78 is 22.2. The Balaban J connectivity index is 0.000000293. The van der Waals surface area contributed by atoms with Gasteiger partial charge in [-0.15, -0.1) is 21.4 Å². The summed E-state index contributed by atoms with van der Waals surface area (Å²) in [5.41, 5.74) is 1.10. The van der Waals surface area contributed by atoms with Gasteiger partial charge < -0.3 is 0 Å². The van der Waals surface area contributed by atoms with Crippen LogP contribution < -0.4 is 0 Å². The molecular weight excluding hydrogens is 297 g/mol. The van der Waals surface area contributed by atoms with E-state index in [4.69, 9.17) is 33.0 Å². The summed E-state index contributed by atoms with van der Waals surface area (Å²) in [5.74, 6) is 0.553. The first-order chi connectivity index (χ1) is 7.45. The molecule has 0 spiro atoms. The molecule has 0 aliphatic heterocycles. The van der Waals surface area contributed by atoms with E-state index < -0.39 is 16.5 Å². The van der Waals surface area contributed by atoms with Crippen molar-refractivity contribution >= 4 is 39.7 Å². The lowest BCUT2D eigenvalue weighted by molar-refractivity contribution is 0.371. The van der Waals surface area contributed by atoms with E-state index in [1.165, 1.54) is 0 Å². The van der Waals surface area contributed by atoms with Crippen molar-refractivity contribution in [1.82, 2.24) is 0 Å². The Morgan fingerprint density at radius 2 is 1.56 bits per heavy atom. The average molecular weight is 305 g/mol. The number of rotatable bonds is 3. The second-order valence-electron chi connectivity index (χ2n) is 2.32. The van der Waals surface area contributed by atoms with E-state index in [1.807, 2.05) is 24.3 Å². The summed E-state index contributed by atoms with van der Waals surface area (Å²) in [5, 5.41) is 0.754. The highest BCUT2D eigenvalue weighted by molar-refractivity contribution is 7.46. The van der Waals surface area contributed by atoms with Crippen LogP contribution in [0.5, 0.6) is 0 Å². The number of alkyl halides is 1. The quantitative estimate of drug-likeness (QED) is 0.660. The third kappa shape index (κ3) is 9.13. The molecule has 0 fully saturated rings. The van der Waals surface area contributed by atoms with Gasteiger partial charge in [-0.1, -0.05) is 23.7 Å². The molecule has 2 unspecified atom stereocenters. The summed E-state index contributed by atoms with van der Waals surface area (Å²) in [4.78, 5) is 15.3. The van der Waals surface area contributed by atoms with Gasteiger partial charge in [0.05, 0.1) is 0 Å². The van der Waals surface area contributed by atoms with Gasteiger partial charge in [-0.25, -0.2) is 0 Å². The monoisotopic (exact) mass is 304 g/mol. The molecule has 1 rings (SSSR count). The van der Waals surface area contributed by atoms with Crippen LogP contribution in [0.15, 0.2) is 24.3 Å². The van der Waals surface area contributed by atoms with Crippen molar-refractivity contribution in [3.63, 3.8) is 0 Å². The van der Waals surface area contributed by atoms with E-state index in [0.29, 0.717) is 5.88 Å². The molecule has 5 nitrogen and oxygen atoms in total. The Labute approximate surface area is 104 Å². The van der Waals surface area contributed by atoms with Crippen molar-refractivity contribution in [1.29, 1.82) is 0 Å². The van der Waals surface area contributed by atoms with Crippen molar-refractivity contribution in [2.45, 2.75) is 5.88 Å². The molecular formula is C7H8Cl2O5P2+2. The molecule has 9 heteroatoms. The Morgan fingerprint density at radius 3 is 1.81 bits per heavy atom. The predicted octanol–water partition coefficient (Wildman–Crippen LogP) is 3.38. The highest BCUT2D eigenvalue weighted by Gasteiger charge is 2.31. The van der Waals surface area contributed by atoms with E-state index in [2.05, 4.69) is 4.31 Å². The van der Waals surface area contributed by atoms with Crippen LogP contribution in [0.1, 0.15) is 5.56 Å². The molecule has 2 N–H and O–H groups in total. The molecule has 1 aromatic rings. The van der Waals surface area contributed by atoms with Crippen molar-refractivity contribution in [3.05, 3.63) is 34.9 Å². The van der Waals surface area contributed by atoms with Crippen LogP contribution in [0.2, 0.25) is 5.02 Å². The number of hydrogen-bond acceptors (Lipinski definition) is 3. The molecule has 0 heterocycles. The first kappa shape index (κ1) is 15.9. The fraction of sp³-hybridized carbons (Fsp3) is 0.143. The summed E-state index contributed by atoms with van der Waals surface area (Å²) >= 11 is 11.2. The fourth-order valence-electron chi connectivity index (χ4n) is 0.633. The van der Waals surface area contributed by atoms with Crippen LogP contribution in [-0.2, 0) is 19.3 Å². The Morgan fingerprint density at radius 1 is 1.12 bits per heavy atom. The predicted molar refractivity (Wildman–Crippen MR) is 61.7 cm³/mol. The molecule has 0 saturated heterocycles. The second-order valence-corrected chi connectivity index (χ2v) is 4.63. The van der Waals surface area contributed by atoms with Crippen LogP contribution in [0, 0.1) is 0 Å². The van der Waals surface area contributed by atoms with Crippen LogP contribution in [-0.4, -0.2) is 9.79 Å². The van der Waals surface area contributed by atoms with Crippen LogP contribution >= 0.6 is 39.7 Å². The third-order valence-corrected chi connectivity index (χ3v) is 2.89. The number of benzene rings is 1. The number of halogens is 2. The lowest BCUT2D eigenvalue weighted by Crippen LogP contribution is -1.73. The maximum Gasteiger partial charge on any atom is 0.745 e. The first-order valence-electron chi connectivity index (χ1n) is 3.76. The van der Waals surface area contributed by atoms with E-state index >= 15 is 0 Å². The maximum atomic E-state index is 9.39. The Hall–Kier alpha value is -0.120. The fourth-order valence-corrected chi connectivity index (χ4v) is 1.42. The van der Waals surface area contributed by atoms with Gasteiger partial charge >= 0.3 is 16.5 Å². The summed E-state index contributed by atoms with van der Waals surface area (Å²) in [7, 11) is -5.85. The second kappa shape index (κ2) is 8.97.